The molecule has 0 spiro atoms. The molecule has 0 unspecified atom stereocenters. The Balaban J connectivity index is 0. The van der Waals surface area contributed by atoms with Crippen LogP contribution >= 0.6 is 0 Å². The maximum absolute atomic E-state index is 10.1. The maximum Gasteiger partial charge on any atom is 0.264 e. The summed E-state index contributed by atoms with van der Waals surface area (Å²) in [5, 5.41) is 0. The molecule has 3 nitrogen and oxygen atoms in total. The fraction of sp³-hybridized carbons (Fsp3) is 1.00. The van der Waals surface area contributed by atoms with Gasteiger partial charge in [-0.15, -0.1) is 0 Å². The van der Waals surface area contributed by atoms with Crippen molar-refractivity contribution in [2.75, 3.05) is 5.75 Å². The molecular weight excluding hydrogens is 179 g/mol. The molecule has 0 atom stereocenters. The summed E-state index contributed by atoms with van der Waals surface area (Å²) in [5.74, 6) is -0.0964. The predicted molar refractivity (Wildman–Crippen MR) is 41.7 cm³/mol. The Hall–Kier alpha value is 1.55. The van der Waals surface area contributed by atoms with Crippen LogP contribution in [0.5, 0.6) is 0 Å². The summed E-state index contributed by atoms with van der Waals surface area (Å²) in [4.78, 5) is 0. The Bertz CT molecular complexity index is 152. The van der Waals surface area contributed by atoms with Gasteiger partial charge >= 0.3 is 0 Å². The van der Waals surface area contributed by atoms with Crippen molar-refractivity contribution in [3.63, 3.8) is 0 Å². The van der Waals surface area contributed by atoms with E-state index in [2.05, 4.69) is 0 Å². The molecule has 10 heavy (non-hydrogen) atoms. The van der Waals surface area contributed by atoms with Crippen LogP contribution in [0.2, 0.25) is 0 Å². The van der Waals surface area contributed by atoms with Crippen LogP contribution in [0.25, 0.3) is 0 Å². The van der Waals surface area contributed by atoms with Crippen molar-refractivity contribution < 1.29 is 13.0 Å². The normalized spacial score (nSPS) is 10.6. The quantitative estimate of drug-likeness (QED) is 0.404. The summed E-state index contributed by atoms with van der Waals surface area (Å²) in [6, 6.07) is 0. The first-order valence-corrected chi connectivity index (χ1v) is 4.62. The van der Waals surface area contributed by atoms with Gasteiger partial charge in [0.1, 0.15) is 0 Å². The zero-order valence-corrected chi connectivity index (χ0v) is 10.4. The average molecular weight is 191 g/mol. The van der Waals surface area contributed by atoms with Gasteiger partial charge in [-0.25, -0.2) is 0 Å². The molecule has 0 aliphatic rings. The van der Waals surface area contributed by atoms with Crippen molar-refractivity contribution in [3.8, 4) is 0 Å². The van der Waals surface area contributed by atoms with E-state index < -0.39 is 10.1 Å². The average Bonchev–Trinajstić information content (AvgIpc) is 1.63. The predicted octanol–water partition coefficient (Wildman–Crippen LogP) is 0.684. The molecule has 0 aliphatic carbocycles. The van der Waals surface area contributed by atoms with Crippen LogP contribution in [0.1, 0.15) is 26.2 Å². The van der Waals surface area contributed by atoms with E-state index in [1.54, 1.807) is 0 Å². The number of rotatable bonds is 4. The van der Waals surface area contributed by atoms with Crippen LogP contribution in [0, 0.1) is 0 Å². The van der Waals surface area contributed by atoms with E-state index in [1.165, 1.54) is 0 Å². The molecule has 57 valence electrons. The summed E-state index contributed by atoms with van der Waals surface area (Å²) in [7, 11) is -3.70. The van der Waals surface area contributed by atoms with Gasteiger partial charge in [0.15, 0.2) is 0 Å². The van der Waals surface area contributed by atoms with Gasteiger partial charge in [0.25, 0.3) is 10.1 Å². The first kappa shape index (κ1) is 14.1. The Morgan fingerprint density at radius 1 is 1.30 bits per heavy atom. The summed E-state index contributed by atoms with van der Waals surface area (Å²) in [6.45, 7) is 1.98. The zero-order valence-electron chi connectivity index (χ0n) is 6.50. The first-order valence-electron chi connectivity index (χ1n) is 3.01. The minimum absolute atomic E-state index is 0. The summed E-state index contributed by atoms with van der Waals surface area (Å²) in [6.07, 6.45) is 2.39. The van der Waals surface area contributed by atoms with Crippen LogP contribution in [0.4, 0.5) is 0 Å². The van der Waals surface area contributed by atoms with Crippen LogP contribution in [0.3, 0.4) is 0 Å². The largest absolute Gasteiger partial charge is 0.286 e. The minimum Gasteiger partial charge on any atom is -0.286 e. The summed E-state index contributed by atoms with van der Waals surface area (Å²) in [5.41, 5.74) is 0. The second kappa shape index (κ2) is 7.21. The third kappa shape index (κ3) is 12.2. The smallest absolute Gasteiger partial charge is 0.264 e. The topological polar surface area (TPSA) is 54.4 Å². The molecule has 0 aromatic rings. The molecule has 0 bridgehead atoms. The van der Waals surface area contributed by atoms with E-state index in [0.717, 1.165) is 12.8 Å². The van der Waals surface area contributed by atoms with E-state index >= 15 is 0 Å². The van der Waals surface area contributed by atoms with E-state index in [0.29, 0.717) is 6.42 Å². The van der Waals surface area contributed by atoms with Crippen molar-refractivity contribution in [2.45, 2.75) is 26.2 Å². The molecule has 0 aliphatic heterocycles. The standard InChI is InChI=1S/C5H12O3S.K/c1-2-3-4-5-9(6,7)8;/h2-5H2,1H3,(H,6,7,8);. The van der Waals surface area contributed by atoms with Gasteiger partial charge in [0, 0.05) is 51.4 Å². The zero-order chi connectivity index (χ0) is 7.33. The number of hydrogen-bond acceptors (Lipinski definition) is 2. The molecule has 0 amide bonds. The molecule has 0 aromatic heterocycles. The fourth-order valence-electron chi connectivity index (χ4n) is 0.534. The van der Waals surface area contributed by atoms with Gasteiger partial charge in [-0.2, -0.15) is 8.42 Å². The van der Waals surface area contributed by atoms with Crippen molar-refractivity contribution in [3.05, 3.63) is 0 Å². The van der Waals surface area contributed by atoms with E-state index in [1.807, 2.05) is 6.92 Å². The third-order valence-corrected chi connectivity index (χ3v) is 1.81. The van der Waals surface area contributed by atoms with Crippen LogP contribution < -0.4 is 0 Å². The Morgan fingerprint density at radius 2 is 1.80 bits per heavy atom. The fourth-order valence-corrected chi connectivity index (χ4v) is 1.10. The number of unbranched alkanes of at least 4 members (excludes halogenated alkanes) is 2. The van der Waals surface area contributed by atoms with Gasteiger partial charge in [-0.3, -0.25) is 4.55 Å². The van der Waals surface area contributed by atoms with Crippen molar-refractivity contribution in [1.82, 2.24) is 0 Å². The van der Waals surface area contributed by atoms with Crippen molar-refractivity contribution in [2.24, 2.45) is 0 Å². The van der Waals surface area contributed by atoms with E-state index in [-0.39, 0.29) is 57.1 Å². The van der Waals surface area contributed by atoms with Gasteiger partial charge < -0.3 is 0 Å². The molecule has 0 aromatic carbocycles. The van der Waals surface area contributed by atoms with Crippen molar-refractivity contribution >= 4 is 61.5 Å². The van der Waals surface area contributed by atoms with Gasteiger partial charge in [0.2, 0.25) is 0 Å². The molecule has 0 rings (SSSR count). The molecule has 1 radical (unpaired) electrons. The Kier molecular flexibility index (Phi) is 10.2. The van der Waals surface area contributed by atoms with Gasteiger partial charge in [-0.1, -0.05) is 19.8 Å². The Morgan fingerprint density at radius 3 is 2.10 bits per heavy atom. The van der Waals surface area contributed by atoms with Gasteiger partial charge in [-0.05, 0) is 6.42 Å². The molecule has 0 saturated heterocycles. The number of hydrogen-bond donors (Lipinski definition) is 1. The van der Waals surface area contributed by atoms with Crippen LogP contribution in [-0.2, 0) is 10.1 Å². The molecule has 0 saturated carbocycles. The summed E-state index contributed by atoms with van der Waals surface area (Å²) >= 11 is 0. The van der Waals surface area contributed by atoms with Crippen LogP contribution in [0.15, 0.2) is 0 Å². The second-order valence-corrected chi connectivity index (χ2v) is 3.57. The molecular formula is C5H12KO3S. The van der Waals surface area contributed by atoms with Crippen LogP contribution in [-0.4, -0.2) is 70.1 Å². The summed E-state index contributed by atoms with van der Waals surface area (Å²) < 4.78 is 28.3. The maximum atomic E-state index is 10.1. The SMILES string of the molecule is CCCCCS(=O)(=O)O.[K]. The molecule has 1 N–H and O–H groups in total. The molecule has 0 fully saturated rings. The van der Waals surface area contributed by atoms with E-state index in [9.17, 15) is 8.42 Å². The van der Waals surface area contributed by atoms with Crippen molar-refractivity contribution in [1.29, 1.82) is 0 Å². The second-order valence-electron chi connectivity index (χ2n) is 1.99. The molecule has 5 heteroatoms. The first-order chi connectivity index (χ1) is 4.06. The third-order valence-electron chi connectivity index (χ3n) is 1.01. The molecule has 0 heterocycles. The Labute approximate surface area is 105 Å². The van der Waals surface area contributed by atoms with E-state index in [4.69, 9.17) is 4.55 Å². The minimum atomic E-state index is -3.70. The monoisotopic (exact) mass is 191 g/mol. The van der Waals surface area contributed by atoms with Gasteiger partial charge in [0.05, 0.1) is 5.75 Å².